The molecular formula is C17H17ClN4O3. The molecule has 0 aliphatic carbocycles. The van der Waals surface area contributed by atoms with Crippen LogP contribution in [0.5, 0.6) is 5.75 Å². The average molecular weight is 361 g/mol. The highest BCUT2D eigenvalue weighted by molar-refractivity contribution is 6.31. The maximum Gasteiger partial charge on any atom is 0.260 e. The summed E-state index contributed by atoms with van der Waals surface area (Å²) in [6.45, 7) is 0.353. The molecule has 0 atom stereocenters. The summed E-state index contributed by atoms with van der Waals surface area (Å²) in [7, 11) is 1.63. The monoisotopic (exact) mass is 360 g/mol. The Morgan fingerprint density at radius 2 is 2.04 bits per heavy atom. The van der Waals surface area contributed by atoms with Crippen LogP contribution in [0.15, 0.2) is 42.5 Å². The zero-order valence-corrected chi connectivity index (χ0v) is 14.4. The third-order valence-electron chi connectivity index (χ3n) is 3.59. The van der Waals surface area contributed by atoms with E-state index in [4.69, 9.17) is 21.2 Å². The van der Waals surface area contributed by atoms with Crippen molar-refractivity contribution in [2.45, 2.75) is 6.42 Å². The lowest BCUT2D eigenvalue weighted by molar-refractivity contribution is -0.126. The third kappa shape index (κ3) is 4.39. The molecule has 0 bridgehead atoms. The molecule has 8 heteroatoms. The second-order valence-electron chi connectivity index (χ2n) is 5.32. The van der Waals surface area contributed by atoms with E-state index in [1.165, 1.54) is 4.85 Å². The van der Waals surface area contributed by atoms with Crippen molar-refractivity contribution in [1.29, 1.82) is 0 Å². The molecule has 0 aliphatic rings. The van der Waals surface area contributed by atoms with Gasteiger partial charge in [0.2, 0.25) is 0 Å². The molecule has 1 N–H and O–H groups in total. The zero-order chi connectivity index (χ0) is 17.6. The molecule has 0 saturated carbocycles. The molecular weight excluding hydrogens is 344 g/mol. The Morgan fingerprint density at radius 3 is 2.80 bits per heavy atom. The van der Waals surface area contributed by atoms with Gasteiger partial charge in [0.05, 0.1) is 7.11 Å². The van der Waals surface area contributed by atoms with Crippen LogP contribution in [0.4, 0.5) is 0 Å². The quantitative estimate of drug-likeness (QED) is 0.696. The Hall–Kier alpha value is -2.80. The van der Waals surface area contributed by atoms with Gasteiger partial charge in [-0.15, -0.1) is 5.10 Å². The highest BCUT2D eigenvalue weighted by atomic mass is 35.5. The van der Waals surface area contributed by atoms with Crippen LogP contribution in [0.25, 0.3) is 11.0 Å². The molecule has 0 fully saturated rings. The fourth-order valence-corrected chi connectivity index (χ4v) is 2.44. The van der Waals surface area contributed by atoms with Crippen molar-refractivity contribution in [3.8, 4) is 5.75 Å². The lowest BCUT2D eigenvalue weighted by Gasteiger charge is -2.07. The first kappa shape index (κ1) is 17.0. The second kappa shape index (κ2) is 7.85. The van der Waals surface area contributed by atoms with Crippen LogP contribution in [-0.2, 0) is 11.2 Å². The predicted molar refractivity (Wildman–Crippen MR) is 93.7 cm³/mol. The van der Waals surface area contributed by atoms with E-state index in [1.807, 2.05) is 24.3 Å². The van der Waals surface area contributed by atoms with E-state index < -0.39 is 0 Å². The van der Waals surface area contributed by atoms with E-state index in [2.05, 4.69) is 15.6 Å². The van der Waals surface area contributed by atoms with Gasteiger partial charge in [-0.2, -0.15) is 0 Å². The molecule has 25 heavy (non-hydrogen) atoms. The number of nitrogens with one attached hydrogen (secondary N) is 1. The second-order valence-corrected chi connectivity index (χ2v) is 5.75. The van der Waals surface area contributed by atoms with Crippen LogP contribution in [0.1, 0.15) is 5.56 Å². The number of carbonyl (C=O) groups is 1. The fourth-order valence-electron chi connectivity index (χ4n) is 2.28. The number of amides is 1. The summed E-state index contributed by atoms with van der Waals surface area (Å²) in [5.74, 6) is 0.570. The zero-order valence-electron chi connectivity index (χ0n) is 13.6. The van der Waals surface area contributed by atoms with Crippen molar-refractivity contribution in [2.75, 3.05) is 20.3 Å². The highest BCUT2D eigenvalue weighted by Crippen LogP contribution is 2.16. The van der Waals surface area contributed by atoms with Gasteiger partial charge >= 0.3 is 0 Å². The number of aromatic nitrogens is 3. The normalized spacial score (nSPS) is 10.6. The molecule has 7 nitrogen and oxygen atoms in total. The largest absolute Gasteiger partial charge is 0.497 e. The first-order chi connectivity index (χ1) is 12.2. The topological polar surface area (TPSA) is 78.3 Å². The van der Waals surface area contributed by atoms with E-state index in [9.17, 15) is 4.79 Å². The van der Waals surface area contributed by atoms with Crippen LogP contribution in [0.2, 0.25) is 5.02 Å². The number of benzene rings is 2. The SMILES string of the molecule is COc1ccc(CCNC(=O)COn2nnc3ccc(Cl)cc32)cc1. The summed E-state index contributed by atoms with van der Waals surface area (Å²) in [6.07, 6.45) is 0.720. The summed E-state index contributed by atoms with van der Waals surface area (Å²) in [5, 5.41) is 11.1. The van der Waals surface area contributed by atoms with Crippen LogP contribution in [0.3, 0.4) is 0 Å². The Bertz CT molecular complexity index is 864. The number of nitrogens with zero attached hydrogens (tertiary/aromatic N) is 3. The van der Waals surface area contributed by atoms with Gasteiger partial charge in [-0.25, -0.2) is 0 Å². The van der Waals surface area contributed by atoms with Gasteiger partial charge in [-0.05, 0) is 47.5 Å². The predicted octanol–water partition coefficient (Wildman–Crippen LogP) is 1.88. The van der Waals surface area contributed by atoms with Crippen molar-refractivity contribution in [1.82, 2.24) is 20.5 Å². The number of methoxy groups -OCH3 is 1. The van der Waals surface area contributed by atoms with Crippen LogP contribution in [0, 0.1) is 0 Å². The van der Waals surface area contributed by atoms with Crippen molar-refractivity contribution >= 4 is 28.5 Å². The van der Waals surface area contributed by atoms with Gasteiger partial charge in [0, 0.05) is 11.6 Å². The number of halogens is 1. The minimum Gasteiger partial charge on any atom is -0.497 e. The van der Waals surface area contributed by atoms with E-state index in [0.717, 1.165) is 17.7 Å². The molecule has 1 heterocycles. The Balaban J connectivity index is 1.46. The molecule has 0 saturated heterocycles. The summed E-state index contributed by atoms with van der Waals surface area (Å²) in [4.78, 5) is 18.5. The first-order valence-corrected chi connectivity index (χ1v) is 8.07. The molecule has 0 radical (unpaired) electrons. The van der Waals surface area contributed by atoms with Crippen LogP contribution >= 0.6 is 11.6 Å². The molecule has 0 aliphatic heterocycles. The average Bonchev–Trinajstić information content (AvgIpc) is 3.02. The minimum absolute atomic E-state index is 0.159. The number of fused-ring (bicyclic) bond motifs is 1. The minimum atomic E-state index is -0.237. The molecule has 0 spiro atoms. The molecule has 3 aromatic rings. The lowest BCUT2D eigenvalue weighted by atomic mass is 10.1. The summed E-state index contributed by atoms with van der Waals surface area (Å²) in [6, 6.07) is 12.8. The number of carbonyl (C=O) groups excluding carboxylic acids is 1. The third-order valence-corrected chi connectivity index (χ3v) is 3.83. The molecule has 1 aromatic heterocycles. The number of rotatable bonds is 7. The Kier molecular flexibility index (Phi) is 5.35. The highest BCUT2D eigenvalue weighted by Gasteiger charge is 2.08. The maximum absolute atomic E-state index is 11.9. The standard InChI is InChI=1S/C17H17ClN4O3/c1-24-14-5-2-12(3-6-14)8-9-19-17(23)11-25-22-16-10-13(18)4-7-15(16)20-21-22/h2-7,10H,8-9,11H2,1H3,(H,19,23). The summed E-state index contributed by atoms with van der Waals surface area (Å²) in [5.41, 5.74) is 2.36. The van der Waals surface area contributed by atoms with E-state index in [0.29, 0.717) is 22.6 Å². The Labute approximate surface area is 149 Å². The van der Waals surface area contributed by atoms with Gasteiger partial charge in [0.15, 0.2) is 6.61 Å². The lowest BCUT2D eigenvalue weighted by Crippen LogP contribution is -2.33. The number of ether oxygens (including phenoxy) is 1. The van der Waals surface area contributed by atoms with Crippen LogP contribution < -0.4 is 14.9 Å². The van der Waals surface area contributed by atoms with Crippen LogP contribution in [-0.4, -0.2) is 41.3 Å². The smallest absolute Gasteiger partial charge is 0.260 e. The molecule has 0 unspecified atom stereocenters. The summed E-state index contributed by atoms with van der Waals surface area (Å²) < 4.78 is 5.11. The van der Waals surface area contributed by atoms with Crippen molar-refractivity contribution < 1.29 is 14.4 Å². The van der Waals surface area contributed by atoms with E-state index in [1.54, 1.807) is 25.3 Å². The molecule has 130 valence electrons. The molecule has 2 aromatic carbocycles. The van der Waals surface area contributed by atoms with Crippen molar-refractivity contribution in [2.24, 2.45) is 0 Å². The van der Waals surface area contributed by atoms with E-state index >= 15 is 0 Å². The van der Waals surface area contributed by atoms with Gasteiger partial charge in [-0.1, -0.05) is 28.6 Å². The van der Waals surface area contributed by atoms with Gasteiger partial charge in [0.1, 0.15) is 16.8 Å². The Morgan fingerprint density at radius 1 is 1.24 bits per heavy atom. The first-order valence-electron chi connectivity index (χ1n) is 7.69. The number of hydrogen-bond donors (Lipinski definition) is 1. The summed E-state index contributed by atoms with van der Waals surface area (Å²) >= 11 is 5.94. The van der Waals surface area contributed by atoms with Crippen molar-refractivity contribution in [3.05, 3.63) is 53.1 Å². The maximum atomic E-state index is 11.9. The fraction of sp³-hybridized carbons (Fsp3) is 0.235. The van der Waals surface area contributed by atoms with Gasteiger partial charge < -0.3 is 14.9 Å². The molecule has 3 rings (SSSR count). The van der Waals surface area contributed by atoms with Gasteiger partial charge in [0.25, 0.3) is 5.91 Å². The van der Waals surface area contributed by atoms with Gasteiger partial charge in [-0.3, -0.25) is 4.79 Å². The van der Waals surface area contributed by atoms with E-state index in [-0.39, 0.29) is 12.5 Å². The van der Waals surface area contributed by atoms with Crippen molar-refractivity contribution in [3.63, 3.8) is 0 Å². The number of hydrogen-bond acceptors (Lipinski definition) is 5. The molecule has 1 amide bonds.